The van der Waals surface area contributed by atoms with Gasteiger partial charge in [-0.05, 0) is 44.2 Å². The molecular weight excluding hydrogens is 429 g/mol. The van der Waals surface area contributed by atoms with Crippen molar-refractivity contribution in [1.82, 2.24) is 19.9 Å². The summed E-state index contributed by atoms with van der Waals surface area (Å²) in [6.07, 6.45) is 3.45. The van der Waals surface area contributed by atoms with Gasteiger partial charge < -0.3 is 9.64 Å². The molecule has 1 saturated heterocycles. The summed E-state index contributed by atoms with van der Waals surface area (Å²) in [5, 5.41) is 0.344. The Morgan fingerprint density at radius 1 is 0.969 bits per heavy atom. The van der Waals surface area contributed by atoms with Gasteiger partial charge in [0.2, 0.25) is 0 Å². The van der Waals surface area contributed by atoms with Crippen LogP contribution in [0.2, 0.25) is 5.02 Å². The molecule has 1 aliphatic rings. The maximum absolute atomic E-state index is 14.5. The fraction of sp³-hybridized carbons (Fsp3) is 0.250. The van der Waals surface area contributed by atoms with Gasteiger partial charge in [-0.3, -0.25) is 9.97 Å². The molecule has 1 aromatic carbocycles. The zero-order chi connectivity index (χ0) is 22.5. The second-order valence-corrected chi connectivity index (χ2v) is 7.84. The van der Waals surface area contributed by atoms with Crippen LogP contribution in [0.1, 0.15) is 11.4 Å². The van der Waals surface area contributed by atoms with Crippen molar-refractivity contribution in [2.75, 3.05) is 31.2 Å². The summed E-state index contributed by atoms with van der Waals surface area (Å²) in [4.78, 5) is 19.8. The molecular formula is C24H23ClFN5O. The number of ether oxygens (including phenoxy) is 1. The Morgan fingerprint density at radius 2 is 1.78 bits per heavy atom. The number of halogens is 2. The van der Waals surface area contributed by atoms with Gasteiger partial charge in [-0.25, -0.2) is 14.4 Å². The highest BCUT2D eigenvalue weighted by molar-refractivity contribution is 6.30. The summed E-state index contributed by atoms with van der Waals surface area (Å²) >= 11 is 5.89. The van der Waals surface area contributed by atoms with Gasteiger partial charge in [0, 0.05) is 47.8 Å². The molecule has 0 N–H and O–H groups in total. The fourth-order valence-corrected chi connectivity index (χ4v) is 3.53. The van der Waals surface area contributed by atoms with Crippen molar-refractivity contribution in [1.29, 1.82) is 0 Å². The van der Waals surface area contributed by atoms with Crippen molar-refractivity contribution in [3.63, 3.8) is 0 Å². The minimum Gasteiger partial charge on any atom is -0.378 e. The number of fused-ring (bicyclic) bond motifs is 1. The van der Waals surface area contributed by atoms with Crippen molar-refractivity contribution < 1.29 is 9.13 Å². The molecule has 0 spiro atoms. The van der Waals surface area contributed by atoms with Crippen molar-refractivity contribution in [2.45, 2.75) is 13.8 Å². The minimum absolute atomic E-state index is 0.344. The Morgan fingerprint density at radius 3 is 2.44 bits per heavy atom. The standard InChI is InChI=1S/C18H16ClFN4O.C6H7N/c1-11-10-21-18-15(22-11)9-16(24-4-6-25-7-5-24)23-17(18)13-3-2-12(19)8-14(13)20;1-6-4-2-3-5-7-6/h2-3,8-10H,4-7H2,1H3;2-5H,1H3. The molecule has 0 bridgehead atoms. The van der Waals surface area contributed by atoms with Gasteiger partial charge in [0.05, 0.1) is 24.4 Å². The number of hydrogen-bond acceptors (Lipinski definition) is 6. The van der Waals surface area contributed by atoms with Gasteiger partial charge in [-0.2, -0.15) is 0 Å². The molecule has 0 aliphatic carbocycles. The maximum Gasteiger partial charge on any atom is 0.134 e. The number of anilines is 1. The molecule has 5 rings (SSSR count). The quantitative estimate of drug-likeness (QED) is 0.426. The Labute approximate surface area is 191 Å². The van der Waals surface area contributed by atoms with Crippen LogP contribution in [0.4, 0.5) is 10.2 Å². The molecule has 0 saturated carbocycles. The maximum atomic E-state index is 14.5. The summed E-state index contributed by atoms with van der Waals surface area (Å²) < 4.78 is 19.9. The number of hydrogen-bond donors (Lipinski definition) is 0. The number of rotatable bonds is 2. The topological polar surface area (TPSA) is 64.0 Å². The van der Waals surface area contributed by atoms with E-state index in [0.717, 1.165) is 30.3 Å². The molecule has 3 aromatic heterocycles. The third-order valence-corrected chi connectivity index (χ3v) is 5.21. The van der Waals surface area contributed by atoms with Crippen LogP contribution in [-0.4, -0.2) is 46.2 Å². The summed E-state index contributed by atoms with van der Waals surface area (Å²) in [7, 11) is 0. The largest absolute Gasteiger partial charge is 0.378 e. The van der Waals surface area contributed by atoms with E-state index in [1.54, 1.807) is 24.5 Å². The van der Waals surface area contributed by atoms with Crippen LogP contribution in [0.15, 0.2) is 54.9 Å². The molecule has 0 amide bonds. The highest BCUT2D eigenvalue weighted by Gasteiger charge is 2.19. The van der Waals surface area contributed by atoms with E-state index in [1.807, 2.05) is 38.1 Å². The molecule has 32 heavy (non-hydrogen) atoms. The number of aromatic nitrogens is 4. The number of aryl methyl sites for hydroxylation is 2. The molecule has 0 radical (unpaired) electrons. The smallest absolute Gasteiger partial charge is 0.134 e. The molecule has 1 aliphatic heterocycles. The first-order valence-electron chi connectivity index (χ1n) is 10.3. The number of benzene rings is 1. The van der Waals surface area contributed by atoms with E-state index < -0.39 is 5.82 Å². The first-order chi connectivity index (χ1) is 15.5. The predicted octanol–water partition coefficient (Wildman–Crippen LogP) is 5.02. The SMILES string of the molecule is Cc1ccccn1.Cc1cnc2c(-c3ccc(Cl)cc3F)nc(N3CCOCC3)cc2n1. The third-order valence-electron chi connectivity index (χ3n) is 4.97. The molecule has 1 fully saturated rings. The Kier molecular flexibility index (Phi) is 6.87. The average Bonchev–Trinajstić information content (AvgIpc) is 2.80. The summed E-state index contributed by atoms with van der Waals surface area (Å²) in [6.45, 7) is 6.61. The van der Waals surface area contributed by atoms with E-state index in [4.69, 9.17) is 21.3 Å². The van der Waals surface area contributed by atoms with Gasteiger partial charge in [0.25, 0.3) is 0 Å². The first-order valence-corrected chi connectivity index (χ1v) is 10.7. The molecule has 4 aromatic rings. The van der Waals surface area contributed by atoms with Crippen molar-refractivity contribution >= 4 is 28.5 Å². The van der Waals surface area contributed by atoms with E-state index in [2.05, 4.69) is 19.9 Å². The van der Waals surface area contributed by atoms with Crippen LogP contribution in [0.25, 0.3) is 22.3 Å². The van der Waals surface area contributed by atoms with Crippen LogP contribution in [0.3, 0.4) is 0 Å². The van der Waals surface area contributed by atoms with Crippen LogP contribution in [0, 0.1) is 19.7 Å². The van der Waals surface area contributed by atoms with Crippen molar-refractivity contribution in [3.8, 4) is 11.3 Å². The number of morpholine rings is 1. The van der Waals surface area contributed by atoms with Crippen LogP contribution >= 0.6 is 11.6 Å². The molecule has 6 nitrogen and oxygen atoms in total. The predicted molar refractivity (Wildman–Crippen MR) is 124 cm³/mol. The molecule has 8 heteroatoms. The molecule has 0 atom stereocenters. The number of nitrogens with zero attached hydrogens (tertiary/aromatic N) is 5. The lowest BCUT2D eigenvalue weighted by Crippen LogP contribution is -2.36. The molecule has 164 valence electrons. The normalized spacial score (nSPS) is 13.6. The van der Waals surface area contributed by atoms with Gasteiger partial charge in [0.15, 0.2) is 0 Å². The summed E-state index contributed by atoms with van der Waals surface area (Å²) in [5.74, 6) is 0.322. The lowest BCUT2D eigenvalue weighted by Gasteiger charge is -2.28. The van der Waals surface area contributed by atoms with Crippen molar-refractivity contribution in [3.05, 3.63) is 77.1 Å². The van der Waals surface area contributed by atoms with Crippen LogP contribution < -0.4 is 4.90 Å². The van der Waals surface area contributed by atoms with E-state index in [-0.39, 0.29) is 0 Å². The lowest BCUT2D eigenvalue weighted by atomic mass is 10.1. The molecule has 4 heterocycles. The zero-order valence-corrected chi connectivity index (χ0v) is 18.7. The third kappa shape index (κ3) is 5.18. The summed E-state index contributed by atoms with van der Waals surface area (Å²) in [5.41, 5.74) is 3.98. The first kappa shape index (κ1) is 22.0. The van der Waals surface area contributed by atoms with Crippen molar-refractivity contribution in [2.24, 2.45) is 0 Å². The zero-order valence-electron chi connectivity index (χ0n) is 17.9. The Balaban J connectivity index is 0.000000300. The number of pyridine rings is 2. The highest BCUT2D eigenvalue weighted by atomic mass is 35.5. The van der Waals surface area contributed by atoms with Gasteiger partial charge in [0.1, 0.15) is 22.8 Å². The van der Waals surface area contributed by atoms with E-state index in [0.29, 0.717) is 40.5 Å². The van der Waals surface area contributed by atoms with Gasteiger partial charge >= 0.3 is 0 Å². The minimum atomic E-state index is -0.428. The second-order valence-electron chi connectivity index (χ2n) is 7.40. The second kappa shape index (κ2) is 9.97. The Hall–Kier alpha value is -3.16. The van der Waals surface area contributed by atoms with Gasteiger partial charge in [-0.1, -0.05) is 17.7 Å². The van der Waals surface area contributed by atoms with Crippen LogP contribution in [-0.2, 0) is 4.74 Å². The fourth-order valence-electron chi connectivity index (χ4n) is 3.37. The average molecular weight is 452 g/mol. The van der Waals surface area contributed by atoms with E-state index >= 15 is 0 Å². The van der Waals surface area contributed by atoms with E-state index in [1.165, 1.54) is 6.07 Å². The monoisotopic (exact) mass is 451 g/mol. The highest BCUT2D eigenvalue weighted by Crippen LogP contribution is 2.31. The van der Waals surface area contributed by atoms with E-state index in [9.17, 15) is 4.39 Å². The Bertz CT molecular complexity index is 1220. The summed E-state index contributed by atoms with van der Waals surface area (Å²) in [6, 6.07) is 12.3. The molecule has 0 unspecified atom stereocenters. The van der Waals surface area contributed by atoms with Crippen LogP contribution in [0.5, 0.6) is 0 Å². The lowest BCUT2D eigenvalue weighted by molar-refractivity contribution is 0.122. The van der Waals surface area contributed by atoms with Gasteiger partial charge in [-0.15, -0.1) is 0 Å².